The van der Waals surface area contributed by atoms with Gasteiger partial charge in [-0.05, 0) is 0 Å². The monoisotopic (exact) mass is 2050 g/mol. The van der Waals surface area contributed by atoms with Gasteiger partial charge in [0, 0.05) is 0 Å². The molecule has 4 saturated heterocycles. The molecule has 12 aliphatic rings. The Morgan fingerprint density at radius 1 is 0.339 bits per heavy atom. The number of hydrogen-bond acceptors (Lipinski definition) is 25. The molecule has 32 heteroatoms. The topological polar surface area (TPSA) is 342 Å². The number of carboxylic acids is 3. The number of ether oxygens (including phenoxy) is 2. The van der Waals surface area contributed by atoms with Gasteiger partial charge in [-0.2, -0.15) is 0 Å². The number of aryl methyl sites for hydroxylation is 3. The Kier molecular flexibility index (Phi) is 24.3. The number of phenols is 4. The van der Waals surface area contributed by atoms with E-state index in [-0.39, 0.29) is 61.7 Å². The van der Waals surface area contributed by atoms with Gasteiger partial charge in [0.05, 0.1) is 0 Å². The number of fused-ring (bicyclic) bond motifs is 12. The van der Waals surface area contributed by atoms with E-state index < -0.39 is 78.8 Å². The quantitative estimate of drug-likeness (QED) is 0.0380. The van der Waals surface area contributed by atoms with Crippen molar-refractivity contribution in [3.8, 4) is 108 Å². The molecule has 1 spiro atoms. The minimum absolute atomic E-state index is 0.0345. The molecule has 3 aliphatic carbocycles. The molecule has 9 aromatic rings. The summed E-state index contributed by atoms with van der Waals surface area (Å²) in [4.78, 5) is 87.8. The first-order chi connectivity index (χ1) is 59.9. The number of phenolic OH excluding ortho intramolecular Hbond substituents is 4. The molecule has 0 aromatic heterocycles. The molecule has 9 heterocycles. The molecule has 0 radical (unpaired) electrons. The fraction of sp³-hybridized carbons (Fsp3) is 0.141. The van der Waals surface area contributed by atoms with Crippen molar-refractivity contribution in [1.82, 2.24) is 0 Å². The molecule has 20 nitrogen and oxygen atoms in total. The van der Waals surface area contributed by atoms with E-state index >= 15 is 0 Å². The van der Waals surface area contributed by atoms with Crippen molar-refractivity contribution in [2.45, 2.75) is 33.3 Å². The Bertz CT molecular complexity index is 6550. The van der Waals surface area contributed by atoms with Crippen molar-refractivity contribution < 1.29 is 82.8 Å². The SMILES string of the molecule is Cc1c(O)ccc2c(-c3ccccc3C(=O)O)c3ccc(=O)c([As]4SCCS4)c-3oc12.Cc1c(O)ccc2c(-c3ccccc3C(=O)O)c3ccc(=O)c([As]4SCCS4)c-3oc12.Cc1c(O)ccc2c1Oc1c(ccc(O)c1[As]1SCCS1)C21OC(=O)c2ccccc21.Cc1c([O-])ccc2c(-c3ccccc3C(=O)O)c3ccc(=O)c([As]4SCCS4)c-3oc12. The Morgan fingerprint density at radius 2 is 0.661 bits per heavy atom. The number of carbonyl (C=O) groups is 4. The molecule has 1 atom stereocenters. The molecule has 624 valence electrons. The van der Waals surface area contributed by atoms with Gasteiger partial charge in [0.15, 0.2) is 0 Å². The standard InChI is InChI=1S/4C23H17AsO5S2/c1-12-17(25)8-6-15-20(12)28-21-16(7-9-18(26)19(21)24-30-10-11-31-24)23(15)14-5-3-2-4-13(14)22(27)29-23;3*1-12-17(25)8-6-15-19(13-4-2-3-5-14(13)23(27)28)16-7-9-18(26)20(22(16)29-21(12)15)24-30-10-11-31-24/h2-9,25-26H,10-11H2,1H3;3*2-9,25H,10-11H2,1H3,(H,27,28)/p-1. The molecule has 0 bridgehead atoms. The normalized spacial score (nSPS) is 16.2. The van der Waals surface area contributed by atoms with Crippen molar-refractivity contribution >= 4 is 204 Å². The van der Waals surface area contributed by atoms with Crippen LogP contribution in [0, 0.1) is 27.7 Å². The number of rotatable bonds is 10. The molecule has 21 rings (SSSR count). The van der Waals surface area contributed by atoms with Gasteiger partial charge in [-0.25, -0.2) is 0 Å². The van der Waals surface area contributed by atoms with E-state index in [1.165, 1.54) is 6.07 Å². The summed E-state index contributed by atoms with van der Waals surface area (Å²) in [5.74, 6) is 7.63. The van der Waals surface area contributed by atoms with Crippen LogP contribution in [0.4, 0.5) is 0 Å². The van der Waals surface area contributed by atoms with Gasteiger partial charge in [-0.1, -0.05) is 0 Å². The predicted octanol–water partition coefficient (Wildman–Crippen LogP) is 16.9. The molecule has 9 aliphatic heterocycles. The molecule has 4 fully saturated rings. The van der Waals surface area contributed by atoms with Gasteiger partial charge in [0.1, 0.15) is 0 Å². The Morgan fingerprint density at radius 3 is 1.06 bits per heavy atom. The van der Waals surface area contributed by atoms with Crippen LogP contribution in [-0.4, -0.2) is 155 Å². The molecule has 0 amide bonds. The zero-order valence-electron chi connectivity index (χ0n) is 65.6. The fourth-order valence-electron chi connectivity index (χ4n) is 16.1. The van der Waals surface area contributed by atoms with Crippen LogP contribution in [0.15, 0.2) is 222 Å². The number of esters is 1. The average Bonchev–Trinajstić information content (AvgIpc) is 1.39. The van der Waals surface area contributed by atoms with Crippen LogP contribution in [0.1, 0.15) is 80.4 Å². The first-order valence-corrected chi connectivity index (χ1v) is 68.2. The number of benzene rings is 12. The third-order valence-electron chi connectivity index (χ3n) is 21.9. The number of aromatic hydroxyl groups is 4. The Labute approximate surface area is 751 Å². The van der Waals surface area contributed by atoms with Crippen LogP contribution in [0.5, 0.6) is 40.2 Å². The number of hydrogen-bond donors (Lipinski definition) is 7. The fourth-order valence-corrected chi connectivity index (χ4v) is 75.2. The van der Waals surface area contributed by atoms with Gasteiger partial charge in [-0.3, -0.25) is 0 Å². The average molecular weight is 2050 g/mol. The molecular weight excluding hydrogens is 1980 g/mol. The summed E-state index contributed by atoms with van der Waals surface area (Å²) in [5.41, 5.74) is 11.3. The summed E-state index contributed by atoms with van der Waals surface area (Å²) in [7, 11) is 14.9. The van der Waals surface area contributed by atoms with Gasteiger partial charge < -0.3 is 0 Å². The molecule has 9 aromatic carbocycles. The van der Waals surface area contributed by atoms with E-state index in [9.17, 15) is 74.4 Å². The summed E-state index contributed by atoms with van der Waals surface area (Å²) < 4.78 is 34.7. The van der Waals surface area contributed by atoms with Gasteiger partial charge >= 0.3 is 759 Å². The predicted molar refractivity (Wildman–Crippen MR) is 505 cm³/mol. The van der Waals surface area contributed by atoms with E-state index in [0.717, 1.165) is 81.3 Å². The minimum atomic E-state index is -1.73. The first kappa shape index (κ1) is 85.6. The molecule has 7 N–H and O–H groups in total. The summed E-state index contributed by atoms with van der Waals surface area (Å²) >= 11 is -6.83. The summed E-state index contributed by atoms with van der Waals surface area (Å²) in [5, 5.41) is 85.8. The van der Waals surface area contributed by atoms with Crippen LogP contribution in [0.3, 0.4) is 0 Å². The van der Waals surface area contributed by atoms with Crippen LogP contribution in [0.2, 0.25) is 0 Å². The summed E-state index contributed by atoms with van der Waals surface area (Å²) in [6, 6.07) is 54.5. The zero-order valence-corrected chi connectivity index (χ0v) is 79.7. The van der Waals surface area contributed by atoms with Gasteiger partial charge in [-0.15, -0.1) is 0 Å². The van der Waals surface area contributed by atoms with Gasteiger partial charge in [0.25, 0.3) is 0 Å². The first-order valence-electron chi connectivity index (χ1n) is 38.5. The van der Waals surface area contributed by atoms with Crippen molar-refractivity contribution in [2.75, 3.05) is 46.0 Å². The van der Waals surface area contributed by atoms with Crippen LogP contribution >= 0.6 is 80.2 Å². The van der Waals surface area contributed by atoms with E-state index in [0.29, 0.717) is 138 Å². The van der Waals surface area contributed by atoms with Crippen molar-refractivity contribution in [2.24, 2.45) is 0 Å². The van der Waals surface area contributed by atoms with Crippen molar-refractivity contribution in [3.63, 3.8) is 0 Å². The number of carbonyl (C=O) groups excluding carboxylic acids is 1. The van der Waals surface area contributed by atoms with Crippen molar-refractivity contribution in [3.05, 3.63) is 286 Å². The molecule has 124 heavy (non-hydrogen) atoms. The maximum atomic E-state index is 13.0. The third kappa shape index (κ3) is 15.1. The van der Waals surface area contributed by atoms with E-state index in [2.05, 4.69) is 0 Å². The zero-order chi connectivity index (χ0) is 86.4. The Balaban J connectivity index is 0.000000113. The second-order valence-corrected chi connectivity index (χ2v) is 75.3. The van der Waals surface area contributed by atoms with Crippen molar-refractivity contribution in [1.29, 1.82) is 0 Å². The van der Waals surface area contributed by atoms with Gasteiger partial charge in [0.2, 0.25) is 0 Å². The third-order valence-corrected chi connectivity index (χ3v) is 76.2. The summed E-state index contributed by atoms with van der Waals surface area (Å²) in [6.45, 7) is 7.01. The Hall–Kier alpha value is -9.24. The second-order valence-electron chi connectivity index (χ2n) is 28.9. The molecule has 1 unspecified atom stereocenters. The maximum absolute atomic E-state index is 13.0. The second kappa shape index (κ2) is 35.2. The van der Waals surface area contributed by atoms with E-state index in [4.69, 9.17) is 22.7 Å². The summed E-state index contributed by atoms with van der Waals surface area (Å²) in [6.07, 6.45) is 0. The van der Waals surface area contributed by atoms with Crippen LogP contribution < -0.4 is 43.5 Å². The number of aromatic carboxylic acids is 3. The molecular formula is C92H67As4O20S8-. The van der Waals surface area contributed by atoms with Crippen LogP contribution in [-0.2, 0) is 10.3 Å². The van der Waals surface area contributed by atoms with Crippen LogP contribution in [0.25, 0.3) is 100 Å². The van der Waals surface area contributed by atoms with E-state index in [1.54, 1.807) is 198 Å². The molecule has 0 saturated carbocycles. The van der Waals surface area contributed by atoms with E-state index in [1.807, 2.05) is 98.4 Å². The number of carboxylic acid groups (broad SMARTS) is 3.